The van der Waals surface area contributed by atoms with Crippen molar-refractivity contribution in [1.82, 2.24) is 0 Å². The molecule has 2 aromatic rings. The van der Waals surface area contributed by atoms with Crippen molar-refractivity contribution in [3.63, 3.8) is 0 Å². The summed E-state index contributed by atoms with van der Waals surface area (Å²) in [6.45, 7) is 0.0876. The number of nitrogens with two attached hydrogens (primary N) is 2. The molecule has 0 unspecified atom stereocenters. The number of thiocyanates is 1. The van der Waals surface area contributed by atoms with Gasteiger partial charge in [0.05, 0.1) is 60.5 Å². The Balaban J connectivity index is 0.000000359. The maximum Gasteiger partial charge on any atom is 0.340 e. The van der Waals surface area contributed by atoms with Crippen LogP contribution in [0.3, 0.4) is 0 Å². The number of sulfone groups is 2. The van der Waals surface area contributed by atoms with E-state index in [2.05, 4.69) is 19.8 Å². The predicted octanol–water partition coefficient (Wildman–Crippen LogP) is 2.05. The fourth-order valence-corrected chi connectivity index (χ4v) is 5.23. The highest BCUT2D eigenvalue weighted by atomic mass is 32.2. The monoisotopic (exact) mass is 663 g/mol. The number of nitriles is 1. The molecule has 0 radical (unpaired) electrons. The first-order chi connectivity index (χ1) is 19.9. The van der Waals surface area contributed by atoms with Crippen molar-refractivity contribution in [1.29, 1.82) is 5.26 Å². The summed E-state index contributed by atoms with van der Waals surface area (Å²) < 4.78 is 78.5. The van der Waals surface area contributed by atoms with Gasteiger partial charge in [0, 0.05) is 30.2 Å². The van der Waals surface area contributed by atoms with Crippen LogP contribution in [0.4, 0.5) is 25.8 Å². The number of anilines is 3. The van der Waals surface area contributed by atoms with E-state index in [1.165, 1.54) is 32.4 Å². The molecular formula is C25H31F2N5O8S3. The summed E-state index contributed by atoms with van der Waals surface area (Å²) in [6.07, 6.45) is 2.52. The van der Waals surface area contributed by atoms with Gasteiger partial charge in [-0.1, -0.05) is 0 Å². The molecule has 0 saturated heterocycles. The average molecular weight is 664 g/mol. The van der Waals surface area contributed by atoms with Crippen LogP contribution in [0, 0.1) is 22.3 Å². The van der Waals surface area contributed by atoms with Crippen molar-refractivity contribution in [3.05, 3.63) is 52.6 Å². The lowest BCUT2D eigenvalue weighted by Gasteiger charge is -2.06. The number of carbonyl (C=O) groups excluding carboxylic acids is 2. The molecule has 1 aliphatic rings. The molecule has 5 N–H and O–H groups in total. The standard InChI is InChI=1S/C13H15FN2O4S.C8H9FN2O2.C4H7NO2S2/c1-20-13(17)8-3-4-10(14)12-9(8)7-11(16-12)15-5-6-21(2,18)19;1-13-8(12)4-2-3-5(9)7(11)6(4)10;1-9(6,7)3-2-8-4-5/h3-4H,5-7H2,1-2H3,(H,15,16);2-3H,10-11H2,1H3;2-3H2,1H3. The van der Waals surface area contributed by atoms with Gasteiger partial charge in [0.25, 0.3) is 0 Å². The van der Waals surface area contributed by atoms with E-state index >= 15 is 0 Å². The Labute approximate surface area is 252 Å². The van der Waals surface area contributed by atoms with Crippen LogP contribution in [0.15, 0.2) is 29.3 Å². The van der Waals surface area contributed by atoms with E-state index in [4.69, 9.17) is 16.7 Å². The molecule has 0 atom stereocenters. The predicted molar refractivity (Wildman–Crippen MR) is 161 cm³/mol. The van der Waals surface area contributed by atoms with Crippen LogP contribution in [0.5, 0.6) is 0 Å². The van der Waals surface area contributed by atoms with Crippen LogP contribution in [-0.2, 0) is 35.6 Å². The third kappa shape index (κ3) is 12.4. The highest BCUT2D eigenvalue weighted by molar-refractivity contribution is 8.04. The molecule has 0 fully saturated rings. The molecule has 0 aliphatic carbocycles. The van der Waals surface area contributed by atoms with Crippen LogP contribution >= 0.6 is 11.8 Å². The molecule has 0 amide bonds. The van der Waals surface area contributed by atoms with Crippen LogP contribution in [0.1, 0.15) is 26.3 Å². The number of fused-ring (bicyclic) bond motifs is 1. The summed E-state index contributed by atoms with van der Waals surface area (Å²) in [6, 6.07) is 4.84. The number of rotatable bonds is 8. The average Bonchev–Trinajstić information content (AvgIpc) is 3.35. The smallest absolute Gasteiger partial charge is 0.340 e. The van der Waals surface area contributed by atoms with E-state index in [1.54, 1.807) is 5.40 Å². The number of aliphatic imine (C=N–C) groups is 1. The highest BCUT2D eigenvalue weighted by Gasteiger charge is 2.26. The van der Waals surface area contributed by atoms with Gasteiger partial charge in [0.2, 0.25) is 0 Å². The molecule has 1 aliphatic heterocycles. The second kappa shape index (κ2) is 16.6. The first-order valence-corrected chi connectivity index (χ1v) is 17.0. The highest BCUT2D eigenvalue weighted by Crippen LogP contribution is 2.30. The van der Waals surface area contributed by atoms with E-state index in [0.717, 1.165) is 30.3 Å². The minimum Gasteiger partial charge on any atom is -0.465 e. The molecule has 0 bridgehead atoms. The van der Waals surface area contributed by atoms with Gasteiger partial charge in [-0.3, -0.25) is 4.99 Å². The van der Waals surface area contributed by atoms with Crippen molar-refractivity contribution >= 4 is 66.3 Å². The largest absolute Gasteiger partial charge is 0.465 e. The summed E-state index contributed by atoms with van der Waals surface area (Å²) in [5, 5.41) is 12.6. The Kier molecular flexibility index (Phi) is 14.3. The lowest BCUT2D eigenvalue weighted by atomic mass is 10.0. The number of nitrogens with zero attached hydrogens (tertiary/aromatic N) is 2. The van der Waals surface area contributed by atoms with Gasteiger partial charge < -0.3 is 26.3 Å². The lowest BCUT2D eigenvalue weighted by molar-refractivity contribution is 0.0592. The zero-order valence-corrected chi connectivity index (χ0v) is 26.1. The molecule has 0 saturated carbocycles. The van der Waals surface area contributed by atoms with E-state index < -0.39 is 43.2 Å². The van der Waals surface area contributed by atoms with Crippen LogP contribution in [0.2, 0.25) is 0 Å². The molecule has 236 valence electrons. The van der Waals surface area contributed by atoms with Crippen molar-refractivity contribution in [2.45, 2.75) is 6.42 Å². The SMILES string of the molecule is COC(=O)c1ccc(F)c(N)c1N.COC(=O)c1ccc(F)c2c1CC(=NCCS(C)(=O)=O)N2.CS(=O)(=O)CCSC#N. The van der Waals surface area contributed by atoms with Crippen LogP contribution in [0.25, 0.3) is 0 Å². The summed E-state index contributed by atoms with van der Waals surface area (Å²) in [4.78, 5) is 26.8. The van der Waals surface area contributed by atoms with Crippen LogP contribution in [-0.4, -0.2) is 85.1 Å². The topological polar surface area (TPSA) is 221 Å². The summed E-state index contributed by atoms with van der Waals surface area (Å²) in [5.74, 6) is -1.52. The number of esters is 2. The number of halogens is 2. The maximum atomic E-state index is 13.8. The minimum atomic E-state index is -3.10. The van der Waals surface area contributed by atoms with Crippen molar-refractivity contribution in [3.8, 4) is 5.40 Å². The lowest BCUT2D eigenvalue weighted by Crippen LogP contribution is -2.12. The molecule has 3 rings (SSSR count). The fourth-order valence-electron chi connectivity index (χ4n) is 3.17. The zero-order valence-electron chi connectivity index (χ0n) is 23.6. The minimum absolute atomic E-state index is 0.0707. The summed E-state index contributed by atoms with van der Waals surface area (Å²) >= 11 is 0.961. The van der Waals surface area contributed by atoms with Gasteiger partial charge in [-0.05, 0) is 36.0 Å². The van der Waals surface area contributed by atoms with Gasteiger partial charge in [-0.15, -0.1) is 0 Å². The third-order valence-electron chi connectivity index (χ3n) is 5.31. The molecule has 1 heterocycles. The Bertz CT molecular complexity index is 1630. The van der Waals surface area contributed by atoms with E-state index in [0.29, 0.717) is 17.2 Å². The number of thioether (sulfide) groups is 1. The molecule has 0 aromatic heterocycles. The maximum absolute atomic E-state index is 13.8. The second-order valence-electron chi connectivity index (χ2n) is 8.68. The Morgan fingerprint density at radius 2 is 1.49 bits per heavy atom. The van der Waals surface area contributed by atoms with Gasteiger partial charge in [0.1, 0.15) is 42.5 Å². The number of amidine groups is 1. The van der Waals surface area contributed by atoms with Gasteiger partial charge in [0.15, 0.2) is 0 Å². The number of methoxy groups -OCH3 is 2. The molecule has 0 spiro atoms. The molecule has 13 nitrogen and oxygen atoms in total. The number of benzene rings is 2. The van der Waals surface area contributed by atoms with Gasteiger partial charge >= 0.3 is 11.9 Å². The first kappa shape index (κ1) is 37.1. The number of hydrogen-bond acceptors (Lipinski definition) is 13. The third-order valence-corrected chi connectivity index (χ3v) is 7.97. The molecule has 43 heavy (non-hydrogen) atoms. The van der Waals surface area contributed by atoms with Crippen LogP contribution < -0.4 is 16.8 Å². The number of ether oxygens (including phenoxy) is 2. The van der Waals surface area contributed by atoms with Crippen molar-refractivity contribution in [2.75, 3.05) is 67.3 Å². The Hall–Kier alpha value is -3.95. The first-order valence-electron chi connectivity index (χ1n) is 11.9. The normalized spacial score (nSPS) is 12.8. The Morgan fingerprint density at radius 1 is 0.953 bits per heavy atom. The number of nitrogen functional groups attached to an aromatic ring is 2. The van der Waals surface area contributed by atoms with Gasteiger partial charge in [-0.2, -0.15) is 5.26 Å². The van der Waals surface area contributed by atoms with Crippen molar-refractivity contribution < 1.29 is 44.7 Å². The molecule has 18 heteroatoms. The van der Waals surface area contributed by atoms with Crippen molar-refractivity contribution in [2.24, 2.45) is 4.99 Å². The summed E-state index contributed by atoms with van der Waals surface area (Å²) in [5.41, 5.74) is 11.3. The fraction of sp³-hybridized carbons (Fsp3) is 0.360. The van der Waals surface area contributed by atoms with E-state index in [9.17, 15) is 35.2 Å². The molecular weight excluding hydrogens is 632 g/mol. The quantitative estimate of drug-likeness (QED) is 0.159. The second-order valence-corrected chi connectivity index (χ2v) is 14.1. The van der Waals surface area contributed by atoms with E-state index in [1.807, 2.05) is 0 Å². The number of hydrogen-bond donors (Lipinski definition) is 3. The number of carbonyl (C=O) groups is 2. The Morgan fingerprint density at radius 3 is 2.02 bits per heavy atom. The number of nitrogens with one attached hydrogen (secondary N) is 1. The van der Waals surface area contributed by atoms with E-state index in [-0.39, 0.29) is 52.7 Å². The van der Waals surface area contributed by atoms with Gasteiger partial charge in [-0.25, -0.2) is 35.2 Å². The zero-order chi connectivity index (χ0) is 33.0. The summed E-state index contributed by atoms with van der Waals surface area (Å²) in [7, 11) is -3.51. The molecule has 2 aromatic carbocycles.